The summed E-state index contributed by atoms with van der Waals surface area (Å²) in [6, 6.07) is 2.68. The number of rotatable bonds is 3. The van der Waals surface area contributed by atoms with Crippen molar-refractivity contribution in [2.45, 2.75) is 18.9 Å². The van der Waals surface area contributed by atoms with Crippen LogP contribution < -0.4 is 5.73 Å². The highest BCUT2D eigenvalue weighted by Crippen LogP contribution is 2.45. The van der Waals surface area contributed by atoms with Crippen molar-refractivity contribution in [3.8, 4) is 5.75 Å². The summed E-state index contributed by atoms with van der Waals surface area (Å²) in [6.45, 7) is 0. The molecule has 1 aromatic carbocycles. The van der Waals surface area contributed by atoms with Crippen molar-refractivity contribution in [3.05, 3.63) is 27.7 Å². The summed E-state index contributed by atoms with van der Waals surface area (Å²) in [5, 5.41) is 18.8. The standard InChI is InChI=1S/C11H12BrNO3.ClH/c12-7-4-3-6(11(15)16)10(14)8(7)9(13)5-1-2-5;/h3-5,9,14H,1-2,13H2,(H,15,16);1H/t9-;/m1./s1. The highest BCUT2D eigenvalue weighted by atomic mass is 79.9. The highest BCUT2D eigenvalue weighted by molar-refractivity contribution is 9.10. The molecule has 4 N–H and O–H groups in total. The minimum Gasteiger partial charge on any atom is -0.507 e. The van der Waals surface area contributed by atoms with Gasteiger partial charge in [0.15, 0.2) is 0 Å². The van der Waals surface area contributed by atoms with Crippen LogP contribution in [0.4, 0.5) is 0 Å². The number of aromatic hydroxyl groups is 1. The number of phenols is 1. The molecule has 2 rings (SSSR count). The Kier molecular flexibility index (Phi) is 4.41. The Hall–Kier alpha value is -0.780. The molecular formula is C11H13BrClNO3. The van der Waals surface area contributed by atoms with Gasteiger partial charge in [-0.1, -0.05) is 15.9 Å². The lowest BCUT2D eigenvalue weighted by atomic mass is 9.99. The van der Waals surface area contributed by atoms with Crippen LogP contribution >= 0.6 is 28.3 Å². The topological polar surface area (TPSA) is 83.6 Å². The van der Waals surface area contributed by atoms with Crippen LogP contribution in [0.15, 0.2) is 16.6 Å². The molecule has 0 heterocycles. The van der Waals surface area contributed by atoms with Gasteiger partial charge in [-0.3, -0.25) is 0 Å². The van der Waals surface area contributed by atoms with Crippen LogP contribution in [-0.2, 0) is 0 Å². The van der Waals surface area contributed by atoms with Gasteiger partial charge in [0.1, 0.15) is 11.3 Å². The molecule has 0 aromatic heterocycles. The molecule has 0 radical (unpaired) electrons. The Morgan fingerprint density at radius 3 is 2.53 bits per heavy atom. The number of hydrogen-bond donors (Lipinski definition) is 3. The van der Waals surface area contributed by atoms with Crippen molar-refractivity contribution < 1.29 is 15.0 Å². The molecule has 0 spiro atoms. The van der Waals surface area contributed by atoms with Crippen molar-refractivity contribution in [2.75, 3.05) is 0 Å². The van der Waals surface area contributed by atoms with E-state index in [-0.39, 0.29) is 29.8 Å². The summed E-state index contributed by atoms with van der Waals surface area (Å²) in [5.41, 5.74) is 6.39. The van der Waals surface area contributed by atoms with E-state index in [4.69, 9.17) is 10.8 Å². The zero-order valence-electron chi connectivity index (χ0n) is 8.89. The largest absolute Gasteiger partial charge is 0.507 e. The van der Waals surface area contributed by atoms with Gasteiger partial charge in [-0.15, -0.1) is 12.4 Å². The first kappa shape index (κ1) is 14.3. The number of hydrogen-bond acceptors (Lipinski definition) is 3. The van der Waals surface area contributed by atoms with Gasteiger partial charge in [0.2, 0.25) is 0 Å². The lowest BCUT2D eigenvalue weighted by Gasteiger charge is -2.16. The third kappa shape index (κ3) is 2.73. The summed E-state index contributed by atoms with van der Waals surface area (Å²) in [5.74, 6) is -1.01. The molecule has 0 saturated heterocycles. The molecule has 1 aliphatic carbocycles. The number of aromatic carboxylic acids is 1. The summed E-state index contributed by atoms with van der Waals surface area (Å²) in [7, 11) is 0. The van der Waals surface area contributed by atoms with Gasteiger partial charge in [0, 0.05) is 16.1 Å². The molecule has 6 heteroatoms. The molecule has 0 amide bonds. The second kappa shape index (κ2) is 5.25. The van der Waals surface area contributed by atoms with E-state index in [2.05, 4.69) is 15.9 Å². The molecule has 1 aromatic rings. The smallest absolute Gasteiger partial charge is 0.339 e. The Morgan fingerprint density at radius 1 is 1.47 bits per heavy atom. The van der Waals surface area contributed by atoms with Crippen LogP contribution in [0.2, 0.25) is 0 Å². The number of carbonyl (C=O) groups is 1. The third-order valence-corrected chi connectivity index (χ3v) is 3.55. The molecule has 0 unspecified atom stereocenters. The Morgan fingerprint density at radius 2 is 2.06 bits per heavy atom. The fourth-order valence-electron chi connectivity index (χ4n) is 1.76. The Bertz CT molecular complexity index is 449. The number of halogens is 2. The molecule has 1 saturated carbocycles. The number of carboxylic acid groups (broad SMARTS) is 1. The fraction of sp³-hybridized carbons (Fsp3) is 0.364. The summed E-state index contributed by atoms with van der Waals surface area (Å²) in [4.78, 5) is 10.9. The Balaban J connectivity index is 0.00000144. The summed E-state index contributed by atoms with van der Waals surface area (Å²) in [6.07, 6.45) is 2.06. The van der Waals surface area contributed by atoms with Gasteiger partial charge in [0.25, 0.3) is 0 Å². The summed E-state index contributed by atoms with van der Waals surface area (Å²) >= 11 is 3.29. The van der Waals surface area contributed by atoms with E-state index in [1.165, 1.54) is 6.07 Å². The van der Waals surface area contributed by atoms with Crippen molar-refractivity contribution in [1.82, 2.24) is 0 Å². The maximum absolute atomic E-state index is 10.9. The monoisotopic (exact) mass is 321 g/mol. The summed E-state index contributed by atoms with van der Waals surface area (Å²) < 4.78 is 0.661. The van der Waals surface area contributed by atoms with Crippen molar-refractivity contribution in [3.63, 3.8) is 0 Å². The lowest BCUT2D eigenvalue weighted by molar-refractivity contribution is 0.0693. The molecule has 0 aliphatic heterocycles. The van der Waals surface area contributed by atoms with E-state index in [9.17, 15) is 9.90 Å². The van der Waals surface area contributed by atoms with Crippen LogP contribution in [0.1, 0.15) is 34.8 Å². The predicted octanol–water partition coefficient (Wildman–Crippen LogP) is 2.68. The predicted molar refractivity (Wildman–Crippen MR) is 69.7 cm³/mol. The third-order valence-electron chi connectivity index (χ3n) is 2.86. The van der Waals surface area contributed by atoms with Gasteiger partial charge in [-0.25, -0.2) is 4.79 Å². The minimum atomic E-state index is -1.14. The minimum absolute atomic E-state index is 0. The van der Waals surface area contributed by atoms with Crippen molar-refractivity contribution >= 4 is 34.3 Å². The molecular weight excluding hydrogens is 309 g/mol. The van der Waals surface area contributed by atoms with E-state index >= 15 is 0 Å². The maximum atomic E-state index is 10.9. The fourth-order valence-corrected chi connectivity index (χ4v) is 2.35. The van der Waals surface area contributed by atoms with E-state index < -0.39 is 5.97 Å². The van der Waals surface area contributed by atoms with E-state index in [1.807, 2.05) is 0 Å². The van der Waals surface area contributed by atoms with Crippen LogP contribution in [-0.4, -0.2) is 16.2 Å². The van der Waals surface area contributed by atoms with Crippen LogP contribution in [0.3, 0.4) is 0 Å². The molecule has 0 bridgehead atoms. The van der Waals surface area contributed by atoms with Crippen LogP contribution in [0, 0.1) is 5.92 Å². The zero-order chi connectivity index (χ0) is 11.9. The van der Waals surface area contributed by atoms with Gasteiger partial charge in [0.05, 0.1) is 0 Å². The quantitative estimate of drug-likeness (QED) is 0.799. The van der Waals surface area contributed by atoms with Crippen molar-refractivity contribution in [2.24, 2.45) is 11.7 Å². The second-order valence-electron chi connectivity index (χ2n) is 4.03. The van der Waals surface area contributed by atoms with Gasteiger partial charge < -0.3 is 15.9 Å². The molecule has 1 aliphatic rings. The SMILES string of the molecule is Cl.N[C@@H](c1c(Br)ccc(C(=O)O)c1O)C1CC1. The van der Waals surface area contributed by atoms with E-state index in [0.29, 0.717) is 16.0 Å². The first-order valence-electron chi connectivity index (χ1n) is 5.02. The first-order valence-corrected chi connectivity index (χ1v) is 5.82. The number of nitrogens with two attached hydrogens (primary N) is 1. The highest BCUT2D eigenvalue weighted by Gasteiger charge is 2.33. The Labute approximate surface area is 113 Å². The zero-order valence-corrected chi connectivity index (χ0v) is 11.3. The van der Waals surface area contributed by atoms with E-state index in [0.717, 1.165) is 12.8 Å². The van der Waals surface area contributed by atoms with Crippen LogP contribution in [0.5, 0.6) is 5.75 Å². The number of carboxylic acids is 1. The van der Waals surface area contributed by atoms with Crippen molar-refractivity contribution in [1.29, 1.82) is 0 Å². The van der Waals surface area contributed by atoms with Gasteiger partial charge in [-0.2, -0.15) is 0 Å². The number of benzene rings is 1. The molecule has 1 fully saturated rings. The first-order chi connectivity index (χ1) is 7.52. The van der Waals surface area contributed by atoms with E-state index in [1.54, 1.807) is 6.07 Å². The maximum Gasteiger partial charge on any atom is 0.339 e. The van der Waals surface area contributed by atoms with Gasteiger partial charge in [-0.05, 0) is 30.9 Å². The molecule has 94 valence electrons. The normalized spacial score (nSPS) is 16.1. The van der Waals surface area contributed by atoms with Crippen LogP contribution in [0.25, 0.3) is 0 Å². The average molecular weight is 323 g/mol. The second-order valence-corrected chi connectivity index (χ2v) is 4.88. The molecule has 4 nitrogen and oxygen atoms in total. The molecule has 1 atom stereocenters. The molecule has 17 heavy (non-hydrogen) atoms. The average Bonchev–Trinajstić information content (AvgIpc) is 2.99. The lowest BCUT2D eigenvalue weighted by Crippen LogP contribution is -2.14. The van der Waals surface area contributed by atoms with Gasteiger partial charge >= 0.3 is 5.97 Å².